The molecular weight excluding hydrogens is 268 g/mol. The molecule has 1 aromatic heterocycles. The molecule has 4 heteroatoms. The van der Waals surface area contributed by atoms with E-state index in [0.717, 1.165) is 19.1 Å². The van der Waals surface area contributed by atoms with Crippen LogP contribution in [0.3, 0.4) is 0 Å². The maximum atomic E-state index is 5.20. The number of rotatable bonds is 6. The number of ether oxygens (including phenoxy) is 1. The highest BCUT2D eigenvalue weighted by Crippen LogP contribution is 2.41. The Labute approximate surface area is 127 Å². The van der Waals surface area contributed by atoms with Gasteiger partial charge in [-0.1, -0.05) is 33.6 Å². The lowest BCUT2D eigenvalue weighted by molar-refractivity contribution is 0.149. The van der Waals surface area contributed by atoms with Crippen LogP contribution in [0.5, 0.6) is 0 Å². The fourth-order valence-electron chi connectivity index (χ4n) is 3.15. The fourth-order valence-corrected chi connectivity index (χ4v) is 4.34. The molecule has 3 nitrogen and oxygen atoms in total. The molecule has 1 aromatic rings. The van der Waals surface area contributed by atoms with Gasteiger partial charge in [-0.05, 0) is 24.7 Å². The molecule has 2 unspecified atom stereocenters. The Kier molecular flexibility index (Phi) is 5.58. The lowest BCUT2D eigenvalue weighted by atomic mass is 9.76. The predicted octanol–water partition coefficient (Wildman–Crippen LogP) is 3.91. The first-order valence-corrected chi connectivity index (χ1v) is 8.65. The second-order valence-corrected chi connectivity index (χ2v) is 7.29. The lowest BCUT2D eigenvalue weighted by Crippen LogP contribution is -2.47. The maximum absolute atomic E-state index is 5.20. The van der Waals surface area contributed by atoms with Crippen molar-refractivity contribution in [2.45, 2.75) is 57.9 Å². The van der Waals surface area contributed by atoms with E-state index >= 15 is 0 Å². The quantitative estimate of drug-likeness (QED) is 0.808. The topological polar surface area (TPSA) is 34.1 Å². The summed E-state index contributed by atoms with van der Waals surface area (Å²) in [5, 5.41) is 7.27. The average molecular weight is 296 g/mol. The van der Waals surface area contributed by atoms with E-state index in [1.165, 1.54) is 36.4 Å². The minimum absolute atomic E-state index is 0.0774. The van der Waals surface area contributed by atoms with Crippen molar-refractivity contribution in [3.63, 3.8) is 0 Å². The normalized spacial score (nSPS) is 27.1. The van der Waals surface area contributed by atoms with Crippen LogP contribution in [0.1, 0.15) is 63.1 Å². The molecule has 1 N–H and O–H groups in total. The van der Waals surface area contributed by atoms with E-state index in [0.29, 0.717) is 5.92 Å². The largest absolute Gasteiger partial charge is 0.383 e. The Morgan fingerprint density at radius 3 is 2.95 bits per heavy atom. The van der Waals surface area contributed by atoms with Gasteiger partial charge in [-0.3, -0.25) is 0 Å². The zero-order valence-corrected chi connectivity index (χ0v) is 14.1. The van der Waals surface area contributed by atoms with Crippen LogP contribution in [0.4, 0.5) is 0 Å². The van der Waals surface area contributed by atoms with Gasteiger partial charge in [0.1, 0.15) is 5.01 Å². The van der Waals surface area contributed by atoms with Gasteiger partial charge in [0.05, 0.1) is 17.8 Å². The number of aromatic nitrogens is 1. The van der Waals surface area contributed by atoms with Gasteiger partial charge in [-0.15, -0.1) is 11.3 Å². The Morgan fingerprint density at radius 1 is 1.55 bits per heavy atom. The third kappa shape index (κ3) is 3.60. The summed E-state index contributed by atoms with van der Waals surface area (Å²) in [7, 11) is 1.76. The molecule has 0 bridgehead atoms. The molecule has 0 spiro atoms. The van der Waals surface area contributed by atoms with Crippen LogP contribution >= 0.6 is 11.3 Å². The summed E-state index contributed by atoms with van der Waals surface area (Å²) in [5.41, 5.74) is 1.31. The van der Waals surface area contributed by atoms with E-state index in [9.17, 15) is 0 Å². The molecule has 1 aliphatic rings. The Hall–Kier alpha value is -0.450. The van der Waals surface area contributed by atoms with Gasteiger partial charge in [-0.2, -0.15) is 0 Å². The number of thiazole rings is 1. The van der Waals surface area contributed by atoms with Crippen molar-refractivity contribution in [1.29, 1.82) is 0 Å². The fraction of sp³-hybridized carbons (Fsp3) is 0.812. The van der Waals surface area contributed by atoms with Crippen molar-refractivity contribution in [2.75, 3.05) is 20.3 Å². The molecule has 0 radical (unpaired) electrons. The second-order valence-electron chi connectivity index (χ2n) is 6.44. The van der Waals surface area contributed by atoms with Crippen molar-refractivity contribution < 1.29 is 4.74 Å². The summed E-state index contributed by atoms with van der Waals surface area (Å²) < 4.78 is 5.20. The smallest absolute Gasteiger partial charge is 0.113 e. The SMILES string of the molecule is COCCNC1(c2nc(C(C)C)cs2)CCCC(C)C1. The Bertz CT molecular complexity index is 418. The summed E-state index contributed by atoms with van der Waals surface area (Å²) in [5.74, 6) is 1.28. The second kappa shape index (κ2) is 7.01. The van der Waals surface area contributed by atoms with E-state index in [1.54, 1.807) is 7.11 Å². The van der Waals surface area contributed by atoms with Crippen LogP contribution in [-0.4, -0.2) is 25.2 Å². The van der Waals surface area contributed by atoms with Gasteiger partial charge in [-0.25, -0.2) is 4.98 Å². The van der Waals surface area contributed by atoms with Crippen molar-refractivity contribution in [3.8, 4) is 0 Å². The predicted molar refractivity (Wildman–Crippen MR) is 85.4 cm³/mol. The molecule has 0 amide bonds. The van der Waals surface area contributed by atoms with Crippen LogP contribution in [0.15, 0.2) is 5.38 Å². The summed E-state index contributed by atoms with van der Waals surface area (Å²) in [6.45, 7) is 8.46. The molecular formula is C16H28N2OS. The monoisotopic (exact) mass is 296 g/mol. The molecule has 1 fully saturated rings. The highest BCUT2D eigenvalue weighted by atomic mass is 32.1. The molecule has 1 saturated carbocycles. The van der Waals surface area contributed by atoms with Gasteiger partial charge in [0.2, 0.25) is 0 Å². The zero-order chi connectivity index (χ0) is 14.6. The lowest BCUT2D eigenvalue weighted by Gasteiger charge is -2.39. The molecule has 20 heavy (non-hydrogen) atoms. The van der Waals surface area contributed by atoms with Crippen molar-refractivity contribution in [1.82, 2.24) is 10.3 Å². The number of methoxy groups -OCH3 is 1. The zero-order valence-electron chi connectivity index (χ0n) is 13.2. The van der Waals surface area contributed by atoms with Gasteiger partial charge >= 0.3 is 0 Å². The van der Waals surface area contributed by atoms with E-state index in [-0.39, 0.29) is 5.54 Å². The van der Waals surface area contributed by atoms with Gasteiger partial charge < -0.3 is 10.1 Å². The van der Waals surface area contributed by atoms with E-state index in [4.69, 9.17) is 9.72 Å². The summed E-state index contributed by atoms with van der Waals surface area (Å²) in [4.78, 5) is 4.93. The van der Waals surface area contributed by atoms with Gasteiger partial charge in [0.15, 0.2) is 0 Å². The third-order valence-electron chi connectivity index (χ3n) is 4.29. The number of nitrogens with zero attached hydrogens (tertiary/aromatic N) is 1. The first-order valence-electron chi connectivity index (χ1n) is 7.77. The molecule has 0 saturated heterocycles. The standard InChI is InChI=1S/C16H28N2OS/c1-12(2)14-11-20-15(18-14)16(17-8-9-19-4)7-5-6-13(3)10-16/h11-13,17H,5-10H2,1-4H3. The molecule has 2 rings (SSSR count). The Balaban J connectivity index is 2.19. The van der Waals surface area contributed by atoms with Crippen molar-refractivity contribution in [3.05, 3.63) is 16.1 Å². The van der Waals surface area contributed by atoms with Crippen molar-refractivity contribution >= 4 is 11.3 Å². The molecule has 114 valence electrons. The summed E-state index contributed by atoms with van der Waals surface area (Å²) in [6, 6.07) is 0. The van der Waals surface area contributed by atoms with E-state index < -0.39 is 0 Å². The average Bonchev–Trinajstić information content (AvgIpc) is 2.89. The minimum atomic E-state index is 0.0774. The van der Waals surface area contributed by atoms with E-state index in [2.05, 4.69) is 31.5 Å². The van der Waals surface area contributed by atoms with Crippen LogP contribution in [0, 0.1) is 5.92 Å². The molecule has 0 aliphatic heterocycles. The van der Waals surface area contributed by atoms with Crippen LogP contribution in [-0.2, 0) is 10.3 Å². The van der Waals surface area contributed by atoms with Gasteiger partial charge in [0, 0.05) is 19.0 Å². The molecule has 1 aliphatic carbocycles. The van der Waals surface area contributed by atoms with Crippen LogP contribution in [0.25, 0.3) is 0 Å². The van der Waals surface area contributed by atoms with E-state index in [1.807, 2.05) is 11.3 Å². The molecule has 0 aromatic carbocycles. The Morgan fingerprint density at radius 2 is 2.35 bits per heavy atom. The maximum Gasteiger partial charge on any atom is 0.113 e. The highest BCUT2D eigenvalue weighted by molar-refractivity contribution is 7.09. The molecule has 2 atom stereocenters. The third-order valence-corrected chi connectivity index (χ3v) is 5.35. The molecule has 1 heterocycles. The first kappa shape index (κ1) is 15.9. The highest BCUT2D eigenvalue weighted by Gasteiger charge is 2.38. The summed E-state index contributed by atoms with van der Waals surface area (Å²) in [6.07, 6.45) is 5.03. The van der Waals surface area contributed by atoms with Crippen LogP contribution < -0.4 is 5.32 Å². The number of nitrogens with one attached hydrogen (secondary N) is 1. The summed E-state index contributed by atoms with van der Waals surface area (Å²) >= 11 is 1.83. The first-order chi connectivity index (χ1) is 9.57. The minimum Gasteiger partial charge on any atom is -0.383 e. The van der Waals surface area contributed by atoms with Crippen LogP contribution in [0.2, 0.25) is 0 Å². The number of hydrogen-bond acceptors (Lipinski definition) is 4. The van der Waals surface area contributed by atoms with Gasteiger partial charge in [0.25, 0.3) is 0 Å². The van der Waals surface area contributed by atoms with Crippen molar-refractivity contribution in [2.24, 2.45) is 5.92 Å². The number of hydrogen-bond donors (Lipinski definition) is 1.